The lowest BCUT2D eigenvalue weighted by atomic mass is 9.95. The second-order valence-electron chi connectivity index (χ2n) is 7.36. The van der Waals surface area contributed by atoms with E-state index in [1.165, 1.54) is 11.1 Å². The highest BCUT2D eigenvalue weighted by atomic mass is 16.3. The quantitative estimate of drug-likeness (QED) is 0.883. The lowest BCUT2D eigenvalue weighted by Crippen LogP contribution is -2.32. The number of hydrogen-bond acceptors (Lipinski definition) is 4. The van der Waals surface area contributed by atoms with Gasteiger partial charge in [-0.25, -0.2) is 0 Å². The van der Waals surface area contributed by atoms with Gasteiger partial charge in [0.2, 0.25) is 0 Å². The molecule has 1 aromatic carbocycles. The molecule has 0 saturated heterocycles. The Morgan fingerprint density at radius 1 is 1.38 bits per heavy atom. The van der Waals surface area contributed by atoms with Crippen molar-refractivity contribution >= 4 is 12.0 Å². The third kappa shape index (κ3) is 3.29. The zero-order valence-corrected chi connectivity index (χ0v) is 14.9. The van der Waals surface area contributed by atoms with Gasteiger partial charge in [-0.3, -0.25) is 4.79 Å². The molecular formula is C20H24N4O2. The number of aromatic nitrogens is 3. The molecule has 2 aromatic rings. The normalized spacial score (nSPS) is 24.5. The van der Waals surface area contributed by atoms with E-state index in [9.17, 15) is 9.90 Å². The van der Waals surface area contributed by atoms with Crippen molar-refractivity contribution in [3.8, 4) is 0 Å². The smallest absolute Gasteiger partial charge is 0.251 e. The molecule has 0 unspecified atom stereocenters. The number of rotatable bonds is 4. The number of benzene rings is 1. The van der Waals surface area contributed by atoms with Gasteiger partial charge in [-0.1, -0.05) is 18.2 Å². The van der Waals surface area contributed by atoms with Crippen molar-refractivity contribution in [3.05, 3.63) is 53.1 Å². The molecule has 0 radical (unpaired) electrons. The highest BCUT2D eigenvalue weighted by molar-refractivity contribution is 5.94. The summed E-state index contributed by atoms with van der Waals surface area (Å²) in [7, 11) is 1.92. The summed E-state index contributed by atoms with van der Waals surface area (Å²) in [6.07, 6.45) is 9.01. The van der Waals surface area contributed by atoms with Gasteiger partial charge in [-0.15, -0.1) is 10.2 Å². The molecular weight excluding hydrogens is 328 g/mol. The number of nitrogens with zero attached hydrogens (tertiary/aromatic N) is 3. The zero-order chi connectivity index (χ0) is 18.1. The zero-order valence-electron chi connectivity index (χ0n) is 14.9. The average Bonchev–Trinajstić information content (AvgIpc) is 3.24. The van der Waals surface area contributed by atoms with Crippen LogP contribution in [0.15, 0.2) is 30.6 Å². The Morgan fingerprint density at radius 2 is 2.27 bits per heavy atom. The minimum atomic E-state index is -0.425. The van der Waals surface area contributed by atoms with Gasteiger partial charge < -0.3 is 15.0 Å². The van der Waals surface area contributed by atoms with Crippen molar-refractivity contribution in [1.29, 1.82) is 0 Å². The molecule has 6 nitrogen and oxygen atoms in total. The van der Waals surface area contributed by atoms with Crippen LogP contribution in [0.2, 0.25) is 0 Å². The number of carbonyl (C=O) groups is 1. The number of amides is 1. The number of aryl methyl sites for hydroxylation is 2. The van der Waals surface area contributed by atoms with Crippen LogP contribution in [0.25, 0.3) is 6.08 Å². The molecule has 0 aliphatic heterocycles. The number of aliphatic hydroxyl groups excluding tert-OH is 1. The molecule has 1 fully saturated rings. The van der Waals surface area contributed by atoms with E-state index in [0.29, 0.717) is 18.5 Å². The number of carbonyl (C=O) groups excluding carboxylic acids is 1. The van der Waals surface area contributed by atoms with Crippen LogP contribution in [0, 0.1) is 5.92 Å². The molecule has 26 heavy (non-hydrogen) atoms. The molecule has 1 heterocycles. The van der Waals surface area contributed by atoms with E-state index in [0.717, 1.165) is 25.1 Å². The second kappa shape index (κ2) is 7.03. The van der Waals surface area contributed by atoms with E-state index in [1.807, 2.05) is 29.8 Å². The largest absolute Gasteiger partial charge is 0.393 e. The topological polar surface area (TPSA) is 80.0 Å². The van der Waals surface area contributed by atoms with Crippen LogP contribution in [0.1, 0.15) is 52.5 Å². The van der Waals surface area contributed by atoms with Crippen LogP contribution < -0.4 is 5.32 Å². The Labute approximate surface area is 152 Å². The molecule has 1 saturated carbocycles. The van der Waals surface area contributed by atoms with E-state index < -0.39 is 6.10 Å². The molecule has 3 atom stereocenters. The summed E-state index contributed by atoms with van der Waals surface area (Å²) >= 11 is 0. The van der Waals surface area contributed by atoms with Gasteiger partial charge in [-0.05, 0) is 48.9 Å². The monoisotopic (exact) mass is 352 g/mol. The summed E-state index contributed by atoms with van der Waals surface area (Å²) in [5.74, 6) is 1.06. The van der Waals surface area contributed by atoms with Crippen molar-refractivity contribution in [3.63, 3.8) is 0 Å². The van der Waals surface area contributed by atoms with Crippen molar-refractivity contribution in [2.24, 2.45) is 13.0 Å². The number of allylic oxidation sites excluding steroid dienone is 1. The summed E-state index contributed by atoms with van der Waals surface area (Å²) in [5, 5.41) is 21.5. The molecule has 0 spiro atoms. The maximum atomic E-state index is 12.5. The molecule has 136 valence electrons. The first-order valence-electron chi connectivity index (χ1n) is 9.21. The van der Waals surface area contributed by atoms with Crippen molar-refractivity contribution in [1.82, 2.24) is 20.1 Å². The molecule has 2 N–H and O–H groups in total. The Bertz CT molecular complexity index is 842. The third-order valence-corrected chi connectivity index (χ3v) is 5.58. The summed E-state index contributed by atoms with van der Waals surface area (Å²) in [6, 6.07) is 5.87. The van der Waals surface area contributed by atoms with E-state index in [4.69, 9.17) is 0 Å². The average molecular weight is 352 g/mol. The van der Waals surface area contributed by atoms with Gasteiger partial charge >= 0.3 is 0 Å². The maximum absolute atomic E-state index is 12.5. The highest BCUT2D eigenvalue weighted by Crippen LogP contribution is 2.37. The SMILES string of the molecule is Cn1cnnc1[C@H]1C[C@H](CNC(=O)c2ccc3c(c2)CCC=C3)[C@H](O)C1. The van der Waals surface area contributed by atoms with Gasteiger partial charge in [-0.2, -0.15) is 0 Å². The van der Waals surface area contributed by atoms with E-state index in [2.05, 4.69) is 27.7 Å². The third-order valence-electron chi connectivity index (χ3n) is 5.58. The lowest BCUT2D eigenvalue weighted by molar-refractivity contribution is 0.0916. The van der Waals surface area contributed by atoms with Gasteiger partial charge in [0.15, 0.2) is 0 Å². The number of hydrogen-bond donors (Lipinski definition) is 2. The van der Waals surface area contributed by atoms with Crippen LogP contribution >= 0.6 is 0 Å². The van der Waals surface area contributed by atoms with Crippen molar-refractivity contribution < 1.29 is 9.90 Å². The summed E-state index contributed by atoms with van der Waals surface area (Å²) in [4.78, 5) is 12.5. The number of nitrogens with one attached hydrogen (secondary N) is 1. The summed E-state index contributed by atoms with van der Waals surface area (Å²) in [5.41, 5.74) is 3.12. The van der Waals surface area contributed by atoms with Crippen LogP contribution in [0.5, 0.6) is 0 Å². The Kier molecular flexibility index (Phi) is 4.59. The van der Waals surface area contributed by atoms with Crippen molar-refractivity contribution in [2.75, 3.05) is 6.54 Å². The Morgan fingerprint density at radius 3 is 3.08 bits per heavy atom. The number of fused-ring (bicyclic) bond motifs is 1. The van der Waals surface area contributed by atoms with Crippen LogP contribution in [0.3, 0.4) is 0 Å². The highest BCUT2D eigenvalue weighted by Gasteiger charge is 2.36. The van der Waals surface area contributed by atoms with E-state index in [-0.39, 0.29) is 17.7 Å². The fourth-order valence-electron chi connectivity index (χ4n) is 4.10. The number of aliphatic hydroxyl groups is 1. The summed E-state index contributed by atoms with van der Waals surface area (Å²) < 4.78 is 1.90. The predicted molar refractivity (Wildman–Crippen MR) is 98.6 cm³/mol. The van der Waals surface area contributed by atoms with Crippen molar-refractivity contribution in [2.45, 2.75) is 37.7 Å². The predicted octanol–water partition coefficient (Wildman–Crippen LogP) is 2.06. The standard InChI is InChI=1S/C20H24N4O2/c1-24-12-22-23-19(24)16-9-17(18(25)10-16)11-21-20(26)15-7-6-13-4-2-3-5-14(13)8-15/h2,4,6-8,12,16-18,25H,3,5,9-11H2,1H3,(H,21,26)/t16-,17+,18+/m0/s1. The minimum absolute atomic E-state index is 0.0428. The molecule has 4 rings (SSSR count). The minimum Gasteiger partial charge on any atom is -0.393 e. The fourth-order valence-corrected chi connectivity index (χ4v) is 4.10. The van der Waals surface area contributed by atoms with Gasteiger partial charge in [0, 0.05) is 31.0 Å². The first-order valence-corrected chi connectivity index (χ1v) is 9.21. The molecule has 2 aliphatic carbocycles. The van der Waals surface area contributed by atoms with Gasteiger partial charge in [0.1, 0.15) is 12.2 Å². The van der Waals surface area contributed by atoms with Crippen LogP contribution in [-0.4, -0.2) is 38.4 Å². The Hall–Kier alpha value is -2.47. The maximum Gasteiger partial charge on any atom is 0.251 e. The van der Waals surface area contributed by atoms with Gasteiger partial charge in [0.05, 0.1) is 6.10 Å². The van der Waals surface area contributed by atoms with Crippen LogP contribution in [-0.2, 0) is 13.5 Å². The molecule has 1 aromatic heterocycles. The van der Waals surface area contributed by atoms with Crippen LogP contribution in [0.4, 0.5) is 0 Å². The Balaban J connectivity index is 1.37. The molecule has 1 amide bonds. The first-order chi connectivity index (χ1) is 12.6. The molecule has 6 heteroatoms. The fraction of sp³-hybridized carbons (Fsp3) is 0.450. The van der Waals surface area contributed by atoms with E-state index in [1.54, 1.807) is 6.33 Å². The van der Waals surface area contributed by atoms with Gasteiger partial charge in [0.25, 0.3) is 5.91 Å². The molecule has 2 aliphatic rings. The van der Waals surface area contributed by atoms with E-state index >= 15 is 0 Å². The molecule has 0 bridgehead atoms. The lowest BCUT2D eigenvalue weighted by Gasteiger charge is -2.16. The first kappa shape index (κ1) is 17.0. The summed E-state index contributed by atoms with van der Waals surface area (Å²) in [6.45, 7) is 0.478. The second-order valence-corrected chi connectivity index (χ2v) is 7.36.